The molecule has 1 aliphatic carbocycles. The topological polar surface area (TPSA) is 86.7 Å². The third kappa shape index (κ3) is 2.90. The van der Waals surface area contributed by atoms with Crippen molar-refractivity contribution in [2.45, 2.75) is 26.7 Å². The molecule has 2 aromatic rings. The van der Waals surface area contributed by atoms with Crippen LogP contribution in [0.25, 0.3) is 0 Å². The summed E-state index contributed by atoms with van der Waals surface area (Å²) in [5, 5.41) is 0. The van der Waals surface area contributed by atoms with E-state index in [0.717, 1.165) is 0 Å². The molecule has 132 valence electrons. The molecule has 0 heterocycles. The summed E-state index contributed by atoms with van der Waals surface area (Å²) < 4.78 is 10.4. The third-order valence-corrected chi connectivity index (χ3v) is 4.02. The lowest BCUT2D eigenvalue weighted by Gasteiger charge is -2.21. The van der Waals surface area contributed by atoms with E-state index in [-0.39, 0.29) is 46.6 Å². The van der Waals surface area contributed by atoms with Crippen LogP contribution in [0.2, 0.25) is 0 Å². The first-order chi connectivity index (χ1) is 12.5. The maximum atomic E-state index is 13.1. The number of benzene rings is 2. The summed E-state index contributed by atoms with van der Waals surface area (Å²) in [4.78, 5) is 49.3. The van der Waals surface area contributed by atoms with Crippen molar-refractivity contribution in [3.63, 3.8) is 0 Å². The SMILES string of the molecule is CCC(=O)Oc1cccc2c1C(=O)c1c(OC(=O)CC)cccc1C2=O. The van der Waals surface area contributed by atoms with Gasteiger partial charge in [0.2, 0.25) is 5.78 Å². The molecule has 2 aromatic carbocycles. The molecular formula is C20H16O6. The molecule has 0 unspecified atom stereocenters. The Morgan fingerprint density at radius 2 is 1.15 bits per heavy atom. The number of fused-ring (bicyclic) bond motifs is 2. The first-order valence-corrected chi connectivity index (χ1v) is 8.24. The van der Waals surface area contributed by atoms with E-state index in [2.05, 4.69) is 0 Å². The number of hydrogen-bond acceptors (Lipinski definition) is 6. The standard InChI is InChI=1S/C20H16O6/c1-3-15(21)25-13-9-5-7-11-17(13)20(24)18-12(19(11)23)8-6-10-14(18)26-16(22)4-2/h5-10H,3-4H2,1-2H3. The van der Waals surface area contributed by atoms with Crippen molar-refractivity contribution in [3.05, 3.63) is 58.7 Å². The highest BCUT2D eigenvalue weighted by Crippen LogP contribution is 2.37. The molecule has 0 aliphatic heterocycles. The lowest BCUT2D eigenvalue weighted by atomic mass is 9.83. The lowest BCUT2D eigenvalue weighted by Crippen LogP contribution is -2.24. The van der Waals surface area contributed by atoms with Crippen molar-refractivity contribution in [3.8, 4) is 11.5 Å². The van der Waals surface area contributed by atoms with Crippen LogP contribution in [-0.2, 0) is 9.59 Å². The van der Waals surface area contributed by atoms with Gasteiger partial charge in [0.15, 0.2) is 5.78 Å². The molecule has 6 nitrogen and oxygen atoms in total. The fourth-order valence-corrected chi connectivity index (χ4v) is 2.74. The Morgan fingerprint density at radius 3 is 1.54 bits per heavy atom. The fraction of sp³-hybridized carbons (Fsp3) is 0.200. The third-order valence-electron chi connectivity index (χ3n) is 4.02. The Balaban J connectivity index is 2.17. The largest absolute Gasteiger partial charge is 0.426 e. The fourth-order valence-electron chi connectivity index (χ4n) is 2.74. The normalized spacial score (nSPS) is 12.2. The van der Waals surface area contributed by atoms with E-state index in [4.69, 9.17) is 9.47 Å². The van der Waals surface area contributed by atoms with E-state index in [9.17, 15) is 19.2 Å². The smallest absolute Gasteiger partial charge is 0.310 e. The Bertz CT molecular complexity index is 868. The molecule has 0 bridgehead atoms. The predicted octanol–water partition coefficient (Wildman–Crippen LogP) is 3.09. The molecule has 0 fully saturated rings. The number of carbonyl (C=O) groups excluding carboxylic acids is 4. The molecule has 1 aliphatic rings. The van der Waals surface area contributed by atoms with E-state index in [1.807, 2.05) is 0 Å². The average Bonchev–Trinajstić information content (AvgIpc) is 2.65. The molecule has 0 N–H and O–H groups in total. The molecule has 0 radical (unpaired) electrons. The summed E-state index contributed by atoms with van der Waals surface area (Å²) in [5.41, 5.74) is 0.323. The molecule has 3 rings (SSSR count). The van der Waals surface area contributed by atoms with Gasteiger partial charge in [0.05, 0.1) is 11.1 Å². The zero-order valence-electron chi connectivity index (χ0n) is 14.3. The van der Waals surface area contributed by atoms with Gasteiger partial charge in [-0.15, -0.1) is 0 Å². The summed E-state index contributed by atoms with van der Waals surface area (Å²) in [5.74, 6) is -1.90. The number of esters is 2. The minimum Gasteiger partial charge on any atom is -0.426 e. The predicted molar refractivity (Wildman–Crippen MR) is 91.6 cm³/mol. The zero-order chi connectivity index (χ0) is 18.8. The molecular weight excluding hydrogens is 336 g/mol. The number of ketones is 2. The highest BCUT2D eigenvalue weighted by Gasteiger charge is 2.35. The molecule has 0 atom stereocenters. The number of carbonyl (C=O) groups is 4. The van der Waals surface area contributed by atoms with Crippen LogP contribution >= 0.6 is 0 Å². The second kappa shape index (κ2) is 6.92. The van der Waals surface area contributed by atoms with Crippen LogP contribution in [0.5, 0.6) is 11.5 Å². The van der Waals surface area contributed by atoms with Gasteiger partial charge in [-0.25, -0.2) is 0 Å². The van der Waals surface area contributed by atoms with Gasteiger partial charge in [0.1, 0.15) is 11.5 Å². The van der Waals surface area contributed by atoms with Gasteiger partial charge < -0.3 is 9.47 Å². The minimum absolute atomic E-state index is 0.00629. The van der Waals surface area contributed by atoms with Crippen LogP contribution in [0.4, 0.5) is 0 Å². The van der Waals surface area contributed by atoms with Crippen LogP contribution in [-0.4, -0.2) is 23.5 Å². The van der Waals surface area contributed by atoms with Crippen molar-refractivity contribution < 1.29 is 28.7 Å². The van der Waals surface area contributed by atoms with Crippen LogP contribution in [0.3, 0.4) is 0 Å². The second-order valence-corrected chi connectivity index (χ2v) is 5.67. The second-order valence-electron chi connectivity index (χ2n) is 5.67. The van der Waals surface area contributed by atoms with Crippen molar-refractivity contribution >= 4 is 23.5 Å². The number of rotatable bonds is 4. The zero-order valence-corrected chi connectivity index (χ0v) is 14.3. The summed E-state index contributed by atoms with van der Waals surface area (Å²) in [6, 6.07) is 9.04. The van der Waals surface area contributed by atoms with Gasteiger partial charge in [0.25, 0.3) is 0 Å². The molecule has 0 amide bonds. The van der Waals surface area contributed by atoms with Crippen molar-refractivity contribution in [2.75, 3.05) is 0 Å². The molecule has 0 saturated heterocycles. The van der Waals surface area contributed by atoms with Gasteiger partial charge in [-0.3, -0.25) is 19.2 Å². The summed E-state index contributed by atoms with van der Waals surface area (Å²) >= 11 is 0. The lowest BCUT2D eigenvalue weighted by molar-refractivity contribution is -0.134. The Morgan fingerprint density at radius 1 is 0.731 bits per heavy atom. The van der Waals surface area contributed by atoms with Gasteiger partial charge in [0, 0.05) is 24.0 Å². The minimum atomic E-state index is -0.520. The quantitative estimate of drug-likeness (QED) is 0.530. The summed E-state index contributed by atoms with van der Waals surface area (Å²) in [6.45, 7) is 3.25. The van der Waals surface area contributed by atoms with E-state index in [1.165, 1.54) is 24.3 Å². The Kier molecular flexibility index (Phi) is 4.67. The average molecular weight is 352 g/mol. The van der Waals surface area contributed by atoms with Crippen LogP contribution < -0.4 is 9.47 Å². The molecule has 0 spiro atoms. The summed E-state index contributed by atoms with van der Waals surface area (Å²) in [6.07, 6.45) is 0.253. The van der Waals surface area contributed by atoms with E-state index >= 15 is 0 Å². The highest BCUT2D eigenvalue weighted by molar-refractivity contribution is 6.30. The first kappa shape index (κ1) is 17.5. The first-order valence-electron chi connectivity index (χ1n) is 8.24. The number of ether oxygens (including phenoxy) is 2. The van der Waals surface area contributed by atoms with Gasteiger partial charge in [-0.05, 0) is 12.1 Å². The maximum absolute atomic E-state index is 13.1. The van der Waals surface area contributed by atoms with Crippen molar-refractivity contribution in [1.82, 2.24) is 0 Å². The van der Waals surface area contributed by atoms with Crippen molar-refractivity contribution in [2.24, 2.45) is 0 Å². The molecule has 26 heavy (non-hydrogen) atoms. The molecule has 6 heteroatoms. The Hall–Kier alpha value is -3.28. The summed E-state index contributed by atoms with van der Waals surface area (Å²) in [7, 11) is 0. The van der Waals surface area contributed by atoms with E-state index < -0.39 is 23.5 Å². The van der Waals surface area contributed by atoms with Gasteiger partial charge in [-0.2, -0.15) is 0 Å². The monoisotopic (exact) mass is 352 g/mol. The van der Waals surface area contributed by atoms with E-state index in [1.54, 1.807) is 26.0 Å². The number of hydrogen-bond donors (Lipinski definition) is 0. The highest BCUT2D eigenvalue weighted by atomic mass is 16.5. The maximum Gasteiger partial charge on any atom is 0.310 e. The Labute approximate surface area is 149 Å². The van der Waals surface area contributed by atoms with Gasteiger partial charge >= 0.3 is 11.9 Å². The molecule has 0 aromatic heterocycles. The van der Waals surface area contributed by atoms with Crippen LogP contribution in [0, 0.1) is 0 Å². The van der Waals surface area contributed by atoms with Crippen LogP contribution in [0.1, 0.15) is 58.5 Å². The van der Waals surface area contributed by atoms with Crippen molar-refractivity contribution in [1.29, 1.82) is 0 Å². The van der Waals surface area contributed by atoms with Crippen LogP contribution in [0.15, 0.2) is 36.4 Å². The van der Waals surface area contributed by atoms with E-state index in [0.29, 0.717) is 0 Å². The van der Waals surface area contributed by atoms with Gasteiger partial charge in [-0.1, -0.05) is 38.1 Å². The molecule has 0 saturated carbocycles.